The van der Waals surface area contributed by atoms with Crippen molar-refractivity contribution in [3.8, 4) is 0 Å². The fourth-order valence-electron chi connectivity index (χ4n) is 4.90. The highest BCUT2D eigenvalue weighted by Gasteiger charge is 2.45. The van der Waals surface area contributed by atoms with Crippen molar-refractivity contribution in [1.82, 2.24) is 9.97 Å². The second kappa shape index (κ2) is 10.6. The van der Waals surface area contributed by atoms with Gasteiger partial charge >= 0.3 is 15.2 Å². The molecule has 1 aromatic heterocycles. The molecule has 1 aliphatic carbocycles. The maximum absolute atomic E-state index is 11.9. The third-order valence-corrected chi connectivity index (χ3v) is 10.3. The number of aliphatic hydroxyl groups is 2. The highest BCUT2D eigenvalue weighted by atomic mass is 35.5. The van der Waals surface area contributed by atoms with Gasteiger partial charge in [-0.1, -0.05) is 30.3 Å². The van der Waals surface area contributed by atoms with E-state index in [9.17, 15) is 24.2 Å². The zero-order valence-electron chi connectivity index (χ0n) is 19.8. The molecule has 2 unspecified atom stereocenters. The first-order chi connectivity index (χ1) is 17.9. The molecule has 5 rings (SSSR count). The van der Waals surface area contributed by atoms with Gasteiger partial charge in [0, 0.05) is 5.39 Å². The lowest BCUT2D eigenvalue weighted by molar-refractivity contribution is -0.0186. The quantitative estimate of drug-likeness (QED) is 0.168. The van der Waals surface area contributed by atoms with Crippen LogP contribution in [0.15, 0.2) is 42.5 Å². The van der Waals surface area contributed by atoms with Gasteiger partial charge in [0.1, 0.15) is 30.2 Å². The molecule has 2 aliphatic rings. The number of hydrogen-bond acceptors (Lipinski definition) is 9. The van der Waals surface area contributed by atoms with Crippen molar-refractivity contribution in [3.05, 3.63) is 64.4 Å². The summed E-state index contributed by atoms with van der Waals surface area (Å²) in [6, 6.07) is 13.3. The summed E-state index contributed by atoms with van der Waals surface area (Å²) in [7, 11) is -9.47. The average Bonchev–Trinajstić information content (AvgIpc) is 3.36. The summed E-state index contributed by atoms with van der Waals surface area (Å²) >= 11 is 6.22. The van der Waals surface area contributed by atoms with E-state index in [0.717, 1.165) is 12.8 Å². The lowest BCUT2D eigenvalue weighted by atomic mass is 10.0. The van der Waals surface area contributed by atoms with Gasteiger partial charge < -0.3 is 39.5 Å². The van der Waals surface area contributed by atoms with E-state index in [2.05, 4.69) is 27.4 Å². The van der Waals surface area contributed by atoms with Crippen LogP contribution in [0.3, 0.4) is 0 Å². The SMILES string of the molecule is O=P(O)(O)CP(=O)(O)OC[C@H]1O[C@@H](c2ccc3c(NC4CCc5ccccc54)nc(Cl)nc3c2)[C@H](O)[C@@H]1O. The number of rotatable bonds is 8. The van der Waals surface area contributed by atoms with E-state index in [1.807, 2.05) is 12.1 Å². The molecule has 6 atom stereocenters. The van der Waals surface area contributed by atoms with Gasteiger partial charge in [-0.25, -0.2) is 9.97 Å². The molecule has 0 saturated carbocycles. The van der Waals surface area contributed by atoms with E-state index < -0.39 is 52.1 Å². The van der Waals surface area contributed by atoms with Crippen LogP contribution in [0.4, 0.5) is 5.82 Å². The highest BCUT2D eigenvalue weighted by Crippen LogP contribution is 2.55. The molecule has 1 fully saturated rings. The highest BCUT2D eigenvalue weighted by molar-refractivity contribution is 7.70. The number of nitrogens with zero attached hydrogens (tertiary/aromatic N) is 2. The fraction of sp³-hybridized carbons (Fsp3) is 0.391. The molecule has 38 heavy (non-hydrogen) atoms. The van der Waals surface area contributed by atoms with Gasteiger partial charge in [0.25, 0.3) is 0 Å². The molecule has 1 aliphatic heterocycles. The van der Waals surface area contributed by atoms with Gasteiger partial charge in [-0.05, 0) is 53.3 Å². The molecule has 12 nitrogen and oxygen atoms in total. The minimum Gasteiger partial charge on any atom is -0.387 e. The topological polar surface area (TPSA) is 192 Å². The maximum Gasteiger partial charge on any atom is 0.340 e. The maximum atomic E-state index is 11.9. The molecule has 6 N–H and O–H groups in total. The van der Waals surface area contributed by atoms with Crippen LogP contribution in [0.25, 0.3) is 10.9 Å². The smallest absolute Gasteiger partial charge is 0.340 e. The van der Waals surface area contributed by atoms with Gasteiger partial charge in [-0.3, -0.25) is 9.13 Å². The molecule has 0 spiro atoms. The first kappa shape index (κ1) is 27.6. The van der Waals surface area contributed by atoms with Crippen molar-refractivity contribution < 1.29 is 43.3 Å². The second-order valence-electron chi connectivity index (χ2n) is 9.37. The van der Waals surface area contributed by atoms with Crippen LogP contribution >= 0.6 is 26.8 Å². The number of aromatic nitrogens is 2. The van der Waals surface area contributed by atoms with Crippen molar-refractivity contribution in [1.29, 1.82) is 0 Å². The van der Waals surface area contributed by atoms with E-state index in [-0.39, 0.29) is 11.3 Å². The van der Waals surface area contributed by atoms with Gasteiger partial charge in [0.05, 0.1) is 18.2 Å². The molecule has 15 heteroatoms. The van der Waals surface area contributed by atoms with E-state index >= 15 is 0 Å². The minimum atomic E-state index is -4.81. The predicted octanol–water partition coefficient (Wildman–Crippen LogP) is 2.88. The largest absolute Gasteiger partial charge is 0.387 e. The summed E-state index contributed by atoms with van der Waals surface area (Å²) in [6.07, 6.45) is -3.31. The number of hydrogen-bond donors (Lipinski definition) is 6. The lowest BCUT2D eigenvalue weighted by Gasteiger charge is -2.19. The number of benzene rings is 2. The number of halogens is 1. The van der Waals surface area contributed by atoms with Crippen LogP contribution < -0.4 is 5.32 Å². The van der Waals surface area contributed by atoms with Crippen molar-refractivity contribution in [3.63, 3.8) is 0 Å². The fourth-order valence-corrected chi connectivity index (χ4v) is 7.65. The molecule has 0 amide bonds. The number of aliphatic hydroxyl groups excluding tert-OH is 2. The summed E-state index contributed by atoms with van der Waals surface area (Å²) < 4.78 is 33.4. The zero-order valence-corrected chi connectivity index (χ0v) is 22.3. The zero-order chi connectivity index (χ0) is 27.2. The summed E-state index contributed by atoms with van der Waals surface area (Å²) in [5.41, 5.74) is 3.41. The number of ether oxygens (including phenoxy) is 1. The number of nitrogens with one attached hydrogen (secondary N) is 1. The van der Waals surface area contributed by atoms with Gasteiger partial charge in [-0.15, -0.1) is 0 Å². The van der Waals surface area contributed by atoms with Crippen LogP contribution in [-0.2, 0) is 24.8 Å². The molecule has 2 aromatic carbocycles. The monoisotopic (exact) mass is 585 g/mol. The number of fused-ring (bicyclic) bond motifs is 2. The minimum absolute atomic E-state index is 0.0198. The Morgan fingerprint density at radius 2 is 1.84 bits per heavy atom. The summed E-state index contributed by atoms with van der Waals surface area (Å²) in [6.45, 7) is -0.666. The predicted molar refractivity (Wildman–Crippen MR) is 138 cm³/mol. The van der Waals surface area contributed by atoms with Crippen LogP contribution in [0.2, 0.25) is 5.28 Å². The summed E-state index contributed by atoms with van der Waals surface area (Å²) in [5.74, 6) is -0.820. The Kier molecular flexibility index (Phi) is 7.67. The number of anilines is 1. The molecular formula is C23H26ClN3O9P2. The normalized spacial score (nSPS) is 26.8. The third-order valence-electron chi connectivity index (χ3n) is 6.63. The Labute approximate surface area is 222 Å². The Morgan fingerprint density at radius 1 is 1.08 bits per heavy atom. The van der Waals surface area contributed by atoms with E-state index in [1.165, 1.54) is 11.1 Å². The van der Waals surface area contributed by atoms with E-state index in [0.29, 0.717) is 22.3 Å². The van der Waals surface area contributed by atoms with Gasteiger partial charge in [-0.2, -0.15) is 0 Å². The van der Waals surface area contributed by atoms with Crippen molar-refractivity contribution in [2.24, 2.45) is 0 Å². The molecular weight excluding hydrogens is 560 g/mol. The molecule has 0 radical (unpaired) electrons. The number of aryl methyl sites for hydroxylation is 1. The van der Waals surface area contributed by atoms with Crippen LogP contribution in [0.1, 0.15) is 35.3 Å². The van der Waals surface area contributed by atoms with Crippen molar-refractivity contribution in [2.75, 3.05) is 17.8 Å². The summed E-state index contributed by atoms with van der Waals surface area (Å²) in [5, 5.41) is 25.2. The van der Waals surface area contributed by atoms with E-state index in [1.54, 1.807) is 18.2 Å². The van der Waals surface area contributed by atoms with Crippen molar-refractivity contribution >= 4 is 43.5 Å². The Bertz CT molecular complexity index is 1450. The molecule has 0 bridgehead atoms. The van der Waals surface area contributed by atoms with Crippen LogP contribution in [-0.4, -0.2) is 65.7 Å². The van der Waals surface area contributed by atoms with Crippen LogP contribution in [0, 0.1) is 0 Å². The summed E-state index contributed by atoms with van der Waals surface area (Å²) in [4.78, 5) is 36.2. The Morgan fingerprint density at radius 3 is 2.61 bits per heavy atom. The Balaban J connectivity index is 1.34. The third kappa shape index (κ3) is 5.95. The second-order valence-corrected chi connectivity index (χ2v) is 13.7. The first-order valence-electron chi connectivity index (χ1n) is 11.7. The molecule has 1 saturated heterocycles. The Hall–Kier alpha value is -1.95. The molecule has 2 heterocycles. The standard InChI is InChI=1S/C23H26ClN3O9P2/c24-23-26-17-9-13(21-20(29)19(28)18(36-21)10-35-38(33,34)11-37(30,31)32)5-7-15(17)22(27-23)25-16-8-6-12-3-1-2-4-14(12)16/h1-5,7,9,16,18-21,28-29H,6,8,10-11H2,(H,33,34)(H,25,26,27)(H2,30,31,32)/t16?,18-,19-,20-,21+/m1/s1. The molecule has 204 valence electrons. The van der Waals surface area contributed by atoms with Crippen molar-refractivity contribution in [2.45, 2.75) is 43.3 Å². The van der Waals surface area contributed by atoms with E-state index in [4.69, 9.17) is 30.6 Å². The van der Waals surface area contributed by atoms with Gasteiger partial charge in [0.2, 0.25) is 5.28 Å². The average molecular weight is 586 g/mol. The lowest BCUT2D eigenvalue weighted by Crippen LogP contribution is -2.33. The van der Waals surface area contributed by atoms with Gasteiger partial charge in [0.15, 0.2) is 5.90 Å². The molecule has 3 aromatic rings. The van der Waals surface area contributed by atoms with Crippen LogP contribution in [0.5, 0.6) is 0 Å². The first-order valence-corrected chi connectivity index (χ1v) is 15.7.